The van der Waals surface area contributed by atoms with Crippen LogP contribution in [0.1, 0.15) is 46.5 Å². The van der Waals surface area contributed by atoms with Crippen LogP contribution in [0.5, 0.6) is 0 Å². The summed E-state index contributed by atoms with van der Waals surface area (Å²) in [6.45, 7) is 8.26. The Labute approximate surface area is 81.9 Å². The fraction of sp³-hybridized carbons (Fsp3) is 1.00. The molecule has 1 N–H and O–H groups in total. The molecule has 0 aliphatic carbocycles. The zero-order chi connectivity index (χ0) is 9.90. The Hall–Kier alpha value is -0.0800. The topological polar surface area (TPSA) is 23.5 Å². The van der Waals surface area contributed by atoms with Crippen LogP contribution >= 0.6 is 0 Å². The molecule has 0 radical (unpaired) electrons. The van der Waals surface area contributed by atoms with Crippen LogP contribution in [0, 0.1) is 0 Å². The van der Waals surface area contributed by atoms with Crippen molar-refractivity contribution < 1.29 is 5.11 Å². The molecule has 0 amide bonds. The van der Waals surface area contributed by atoms with Crippen LogP contribution in [-0.4, -0.2) is 34.7 Å². The lowest BCUT2D eigenvalue weighted by molar-refractivity contribution is 0.0122. The number of aliphatic hydroxyl groups is 1. The summed E-state index contributed by atoms with van der Waals surface area (Å²) < 4.78 is 0. The number of hydrogen-bond donors (Lipinski definition) is 1. The largest absolute Gasteiger partial charge is 0.389 e. The predicted octanol–water partition coefficient (Wildman–Crippen LogP) is 2.02. The van der Waals surface area contributed by atoms with E-state index in [4.69, 9.17) is 0 Å². The van der Waals surface area contributed by atoms with Gasteiger partial charge in [0.2, 0.25) is 0 Å². The van der Waals surface area contributed by atoms with Crippen molar-refractivity contribution in [3.63, 3.8) is 0 Å². The van der Waals surface area contributed by atoms with Crippen LogP contribution < -0.4 is 0 Å². The maximum Gasteiger partial charge on any atom is 0.0743 e. The standard InChI is InChI=1S/C11H23NO/c1-4-10-7-6-8-12(10)9-11(3,13)5-2/h10,13H,4-9H2,1-3H3. The molecule has 0 aromatic heterocycles. The normalized spacial score (nSPS) is 29.1. The van der Waals surface area contributed by atoms with Crippen molar-refractivity contribution in [2.45, 2.75) is 58.1 Å². The van der Waals surface area contributed by atoms with Crippen molar-refractivity contribution in [3.8, 4) is 0 Å². The van der Waals surface area contributed by atoms with Gasteiger partial charge in [0.25, 0.3) is 0 Å². The Balaban J connectivity index is 2.43. The number of β-amino-alcohol motifs (C(OH)–C–C–N with tert-alkyl or cyclic N) is 1. The van der Waals surface area contributed by atoms with Crippen LogP contribution in [0.15, 0.2) is 0 Å². The van der Waals surface area contributed by atoms with Crippen molar-refractivity contribution >= 4 is 0 Å². The minimum atomic E-state index is -0.488. The summed E-state index contributed by atoms with van der Waals surface area (Å²) in [5, 5.41) is 9.96. The molecule has 2 heteroatoms. The third kappa shape index (κ3) is 2.96. The molecule has 0 aromatic rings. The van der Waals surface area contributed by atoms with Gasteiger partial charge in [-0.1, -0.05) is 13.8 Å². The smallest absolute Gasteiger partial charge is 0.0743 e. The zero-order valence-corrected chi connectivity index (χ0v) is 9.21. The second-order valence-corrected chi connectivity index (χ2v) is 4.53. The number of nitrogens with zero attached hydrogens (tertiary/aromatic N) is 1. The van der Waals surface area contributed by atoms with E-state index < -0.39 is 5.60 Å². The van der Waals surface area contributed by atoms with Gasteiger partial charge in [-0.05, 0) is 39.2 Å². The van der Waals surface area contributed by atoms with Crippen LogP contribution in [-0.2, 0) is 0 Å². The number of hydrogen-bond acceptors (Lipinski definition) is 2. The quantitative estimate of drug-likeness (QED) is 0.724. The van der Waals surface area contributed by atoms with E-state index in [9.17, 15) is 5.11 Å². The van der Waals surface area contributed by atoms with Gasteiger partial charge in [0.05, 0.1) is 5.60 Å². The van der Waals surface area contributed by atoms with Gasteiger partial charge in [-0.3, -0.25) is 4.90 Å². The van der Waals surface area contributed by atoms with E-state index in [-0.39, 0.29) is 0 Å². The highest BCUT2D eigenvalue weighted by Crippen LogP contribution is 2.23. The predicted molar refractivity (Wildman–Crippen MR) is 55.8 cm³/mol. The molecule has 2 atom stereocenters. The molecule has 0 spiro atoms. The molecule has 1 saturated heterocycles. The van der Waals surface area contributed by atoms with Gasteiger partial charge in [0.1, 0.15) is 0 Å². The first-order chi connectivity index (χ1) is 6.09. The summed E-state index contributed by atoms with van der Waals surface area (Å²) in [5.74, 6) is 0. The van der Waals surface area contributed by atoms with E-state index in [0.717, 1.165) is 19.0 Å². The van der Waals surface area contributed by atoms with Gasteiger partial charge in [-0.2, -0.15) is 0 Å². The molecule has 0 aromatic carbocycles. The van der Waals surface area contributed by atoms with E-state index >= 15 is 0 Å². The summed E-state index contributed by atoms with van der Waals surface area (Å²) in [6, 6.07) is 0.720. The van der Waals surface area contributed by atoms with Gasteiger partial charge < -0.3 is 5.11 Å². The number of likely N-dealkylation sites (tertiary alicyclic amines) is 1. The van der Waals surface area contributed by atoms with Crippen LogP contribution in [0.3, 0.4) is 0 Å². The van der Waals surface area contributed by atoms with E-state index in [1.807, 2.05) is 6.92 Å². The van der Waals surface area contributed by atoms with Crippen molar-refractivity contribution in [3.05, 3.63) is 0 Å². The molecule has 0 bridgehead atoms. The Kier molecular flexibility index (Phi) is 3.74. The molecule has 1 rings (SSSR count). The van der Waals surface area contributed by atoms with E-state index in [1.165, 1.54) is 25.8 Å². The third-order valence-electron chi connectivity index (χ3n) is 3.28. The average Bonchev–Trinajstić information content (AvgIpc) is 2.51. The highest BCUT2D eigenvalue weighted by atomic mass is 16.3. The van der Waals surface area contributed by atoms with E-state index in [1.54, 1.807) is 0 Å². The first-order valence-corrected chi connectivity index (χ1v) is 5.55. The Morgan fingerprint density at radius 1 is 1.46 bits per heavy atom. The second kappa shape index (κ2) is 4.43. The van der Waals surface area contributed by atoms with Gasteiger partial charge in [0.15, 0.2) is 0 Å². The van der Waals surface area contributed by atoms with Gasteiger partial charge in [-0.15, -0.1) is 0 Å². The highest BCUT2D eigenvalue weighted by molar-refractivity contribution is 4.84. The minimum Gasteiger partial charge on any atom is -0.389 e. The summed E-state index contributed by atoms with van der Waals surface area (Å²) in [4.78, 5) is 2.45. The lowest BCUT2D eigenvalue weighted by atomic mass is 10.0. The maximum absolute atomic E-state index is 9.96. The molecule has 1 fully saturated rings. The number of rotatable bonds is 4. The summed E-state index contributed by atoms with van der Waals surface area (Å²) in [6.07, 6.45) is 4.69. The van der Waals surface area contributed by atoms with Gasteiger partial charge in [0, 0.05) is 12.6 Å². The lowest BCUT2D eigenvalue weighted by Crippen LogP contribution is -2.42. The van der Waals surface area contributed by atoms with Gasteiger partial charge >= 0.3 is 0 Å². The third-order valence-corrected chi connectivity index (χ3v) is 3.28. The molecule has 1 heterocycles. The van der Waals surface area contributed by atoms with E-state index in [0.29, 0.717) is 0 Å². The molecule has 78 valence electrons. The van der Waals surface area contributed by atoms with Crippen molar-refractivity contribution in [1.29, 1.82) is 0 Å². The molecule has 2 nitrogen and oxygen atoms in total. The van der Waals surface area contributed by atoms with Crippen molar-refractivity contribution in [2.75, 3.05) is 13.1 Å². The van der Waals surface area contributed by atoms with E-state index in [2.05, 4.69) is 18.7 Å². The molecule has 1 aliphatic rings. The monoisotopic (exact) mass is 185 g/mol. The van der Waals surface area contributed by atoms with Crippen LogP contribution in [0.4, 0.5) is 0 Å². The Morgan fingerprint density at radius 3 is 2.69 bits per heavy atom. The maximum atomic E-state index is 9.96. The summed E-state index contributed by atoms with van der Waals surface area (Å²) in [5.41, 5.74) is -0.488. The van der Waals surface area contributed by atoms with Crippen LogP contribution in [0.25, 0.3) is 0 Å². The average molecular weight is 185 g/mol. The molecule has 2 unspecified atom stereocenters. The van der Waals surface area contributed by atoms with Crippen molar-refractivity contribution in [1.82, 2.24) is 4.90 Å². The molecule has 1 aliphatic heterocycles. The molecular formula is C11H23NO. The molecular weight excluding hydrogens is 162 g/mol. The Morgan fingerprint density at radius 2 is 2.15 bits per heavy atom. The summed E-state index contributed by atoms with van der Waals surface area (Å²) in [7, 11) is 0. The summed E-state index contributed by atoms with van der Waals surface area (Å²) >= 11 is 0. The fourth-order valence-electron chi connectivity index (χ4n) is 2.11. The van der Waals surface area contributed by atoms with Crippen molar-refractivity contribution in [2.24, 2.45) is 0 Å². The molecule has 13 heavy (non-hydrogen) atoms. The van der Waals surface area contributed by atoms with Crippen LogP contribution in [0.2, 0.25) is 0 Å². The molecule has 0 saturated carbocycles. The Bertz CT molecular complexity index is 156. The van der Waals surface area contributed by atoms with Gasteiger partial charge in [-0.25, -0.2) is 0 Å². The highest BCUT2D eigenvalue weighted by Gasteiger charge is 2.29. The SMILES string of the molecule is CCC1CCCN1CC(C)(O)CC. The fourth-order valence-corrected chi connectivity index (χ4v) is 2.11. The second-order valence-electron chi connectivity index (χ2n) is 4.53. The first kappa shape index (κ1) is 11.0. The lowest BCUT2D eigenvalue weighted by Gasteiger charge is -2.31. The minimum absolute atomic E-state index is 0.488. The first-order valence-electron chi connectivity index (χ1n) is 5.55. The zero-order valence-electron chi connectivity index (χ0n) is 9.21.